The minimum atomic E-state index is -4.26. The molecule has 2 aromatic rings. The van der Waals surface area contributed by atoms with E-state index in [1.807, 2.05) is 6.92 Å². The van der Waals surface area contributed by atoms with E-state index in [1.165, 1.54) is 6.07 Å². The lowest BCUT2D eigenvalue weighted by atomic mass is 10.1. The number of nitrogen functional groups attached to an aromatic ring is 1. The number of anilines is 3. The largest absolute Gasteiger partial charge is 0.399 e. The molecule has 0 aliphatic heterocycles. The molecule has 19 heavy (non-hydrogen) atoms. The lowest BCUT2D eigenvalue weighted by molar-refractivity contribution is 0.483. The van der Waals surface area contributed by atoms with Crippen LogP contribution in [0.2, 0.25) is 0 Å². The van der Waals surface area contributed by atoms with Gasteiger partial charge in [-0.2, -0.15) is 8.42 Å². The van der Waals surface area contributed by atoms with E-state index in [0.717, 1.165) is 11.3 Å². The van der Waals surface area contributed by atoms with Crippen LogP contribution in [0, 0.1) is 6.92 Å². The topological polar surface area (TPSA) is 92.4 Å². The maximum Gasteiger partial charge on any atom is 0.296 e. The highest BCUT2D eigenvalue weighted by Gasteiger charge is 2.15. The minimum absolute atomic E-state index is 0.161. The van der Waals surface area contributed by atoms with Crippen LogP contribution in [0.5, 0.6) is 0 Å². The third-order valence-corrected chi connectivity index (χ3v) is 3.60. The molecule has 0 bridgehead atoms. The van der Waals surface area contributed by atoms with E-state index in [0.29, 0.717) is 11.4 Å². The van der Waals surface area contributed by atoms with Gasteiger partial charge in [0.1, 0.15) is 4.90 Å². The fourth-order valence-electron chi connectivity index (χ4n) is 1.77. The first-order valence-corrected chi connectivity index (χ1v) is 7.01. The van der Waals surface area contributed by atoms with Crippen molar-refractivity contribution >= 4 is 27.2 Å². The molecule has 2 rings (SSSR count). The first-order valence-electron chi connectivity index (χ1n) is 5.57. The van der Waals surface area contributed by atoms with Gasteiger partial charge in [-0.3, -0.25) is 4.55 Å². The van der Waals surface area contributed by atoms with Gasteiger partial charge in [0.2, 0.25) is 0 Å². The maximum absolute atomic E-state index is 11.3. The number of para-hydroxylation sites is 1. The number of benzene rings is 2. The van der Waals surface area contributed by atoms with Gasteiger partial charge in [0.25, 0.3) is 10.1 Å². The van der Waals surface area contributed by atoms with Gasteiger partial charge in [0, 0.05) is 11.4 Å². The van der Waals surface area contributed by atoms with Crippen molar-refractivity contribution in [3.63, 3.8) is 0 Å². The number of hydrogen-bond acceptors (Lipinski definition) is 4. The predicted octanol–water partition coefficient (Wildman–Crippen LogP) is 2.57. The van der Waals surface area contributed by atoms with Gasteiger partial charge in [-0.1, -0.05) is 12.1 Å². The van der Waals surface area contributed by atoms with Crippen molar-refractivity contribution < 1.29 is 13.0 Å². The van der Waals surface area contributed by atoms with Crippen LogP contribution in [-0.2, 0) is 10.1 Å². The third-order valence-electron chi connectivity index (χ3n) is 2.68. The Hall–Kier alpha value is -2.05. The summed E-state index contributed by atoms with van der Waals surface area (Å²) in [6.45, 7) is 1.86. The molecule has 0 saturated carbocycles. The average molecular weight is 278 g/mol. The Morgan fingerprint density at radius 3 is 2.42 bits per heavy atom. The molecule has 6 heteroatoms. The molecular formula is C13H14N2O3S. The van der Waals surface area contributed by atoms with Gasteiger partial charge in [-0.15, -0.1) is 0 Å². The molecule has 100 valence electrons. The molecule has 0 radical (unpaired) electrons. The fourth-order valence-corrected chi connectivity index (χ4v) is 2.41. The second-order valence-corrected chi connectivity index (χ2v) is 5.56. The van der Waals surface area contributed by atoms with Crippen molar-refractivity contribution in [3.05, 3.63) is 48.0 Å². The fraction of sp³-hybridized carbons (Fsp3) is 0.0769. The van der Waals surface area contributed by atoms with Gasteiger partial charge in [-0.25, -0.2) is 0 Å². The standard InChI is InChI=1S/C13H14N2O3S/c1-9-8-10(14)6-7-11(9)15-12-4-2-3-5-13(12)19(16,17)18/h2-8,15H,14H2,1H3,(H,16,17,18). The van der Waals surface area contributed by atoms with Crippen molar-refractivity contribution in [1.29, 1.82) is 0 Å². The zero-order valence-electron chi connectivity index (χ0n) is 10.3. The Labute approximate surface area is 111 Å². The molecule has 4 N–H and O–H groups in total. The quantitative estimate of drug-likeness (QED) is 0.592. The summed E-state index contributed by atoms with van der Waals surface area (Å²) < 4.78 is 31.7. The molecule has 0 aliphatic rings. The van der Waals surface area contributed by atoms with Crippen molar-refractivity contribution in [2.75, 3.05) is 11.1 Å². The highest BCUT2D eigenvalue weighted by Crippen LogP contribution is 2.27. The van der Waals surface area contributed by atoms with Gasteiger partial charge < -0.3 is 11.1 Å². The van der Waals surface area contributed by atoms with E-state index >= 15 is 0 Å². The summed E-state index contributed by atoms with van der Waals surface area (Å²) in [6.07, 6.45) is 0. The Bertz CT molecular complexity index is 712. The molecule has 2 aromatic carbocycles. The van der Waals surface area contributed by atoms with E-state index in [-0.39, 0.29) is 4.90 Å². The van der Waals surface area contributed by atoms with Crippen molar-refractivity contribution in [3.8, 4) is 0 Å². The number of nitrogens with one attached hydrogen (secondary N) is 1. The molecule has 0 fully saturated rings. The second kappa shape index (κ2) is 4.91. The molecule has 0 aliphatic carbocycles. The second-order valence-electron chi connectivity index (χ2n) is 4.17. The van der Waals surface area contributed by atoms with Crippen LogP contribution >= 0.6 is 0 Å². The lowest BCUT2D eigenvalue weighted by Gasteiger charge is -2.12. The van der Waals surface area contributed by atoms with Crippen LogP contribution in [0.15, 0.2) is 47.4 Å². The molecular weight excluding hydrogens is 264 g/mol. The molecule has 0 heterocycles. The summed E-state index contributed by atoms with van der Waals surface area (Å²) >= 11 is 0. The van der Waals surface area contributed by atoms with Crippen molar-refractivity contribution in [2.24, 2.45) is 0 Å². The molecule has 5 nitrogen and oxygen atoms in total. The van der Waals surface area contributed by atoms with Crippen LogP contribution < -0.4 is 11.1 Å². The molecule has 0 unspecified atom stereocenters. The van der Waals surface area contributed by atoms with Crippen molar-refractivity contribution in [1.82, 2.24) is 0 Å². The summed E-state index contributed by atoms with van der Waals surface area (Å²) in [5, 5.41) is 2.98. The Morgan fingerprint density at radius 2 is 1.79 bits per heavy atom. The third kappa shape index (κ3) is 3.04. The van der Waals surface area contributed by atoms with Gasteiger partial charge in [-0.05, 0) is 42.8 Å². The van der Waals surface area contributed by atoms with Crippen LogP contribution in [0.4, 0.5) is 17.1 Å². The van der Waals surface area contributed by atoms with Crippen molar-refractivity contribution in [2.45, 2.75) is 11.8 Å². The Kier molecular flexibility index (Phi) is 3.46. The molecule has 0 spiro atoms. The number of nitrogens with two attached hydrogens (primary N) is 1. The number of aryl methyl sites for hydroxylation is 1. The van der Waals surface area contributed by atoms with Crippen LogP contribution in [0.1, 0.15) is 5.56 Å². The summed E-state index contributed by atoms with van der Waals surface area (Å²) in [7, 11) is -4.26. The smallest absolute Gasteiger partial charge is 0.296 e. The molecule has 0 atom stereocenters. The SMILES string of the molecule is Cc1cc(N)ccc1Nc1ccccc1S(=O)(=O)O. The van der Waals surface area contributed by atoms with Crippen LogP contribution in [0.25, 0.3) is 0 Å². The van der Waals surface area contributed by atoms with Crippen LogP contribution in [-0.4, -0.2) is 13.0 Å². The van der Waals surface area contributed by atoms with E-state index in [1.54, 1.807) is 36.4 Å². The summed E-state index contributed by atoms with van der Waals surface area (Å²) in [4.78, 5) is -0.161. The molecule has 0 aromatic heterocycles. The number of hydrogen-bond donors (Lipinski definition) is 3. The summed E-state index contributed by atoms with van der Waals surface area (Å²) in [5.74, 6) is 0. The van der Waals surface area contributed by atoms with E-state index in [9.17, 15) is 13.0 Å². The summed E-state index contributed by atoms with van der Waals surface area (Å²) in [6, 6.07) is 11.4. The highest BCUT2D eigenvalue weighted by atomic mass is 32.2. The van der Waals surface area contributed by atoms with E-state index < -0.39 is 10.1 Å². The first kappa shape index (κ1) is 13.4. The molecule has 0 saturated heterocycles. The predicted molar refractivity (Wildman–Crippen MR) is 75.1 cm³/mol. The zero-order valence-corrected chi connectivity index (χ0v) is 11.1. The molecule has 0 amide bonds. The maximum atomic E-state index is 11.3. The monoisotopic (exact) mass is 278 g/mol. The van der Waals surface area contributed by atoms with E-state index in [2.05, 4.69) is 5.32 Å². The van der Waals surface area contributed by atoms with Gasteiger partial charge in [0.05, 0.1) is 5.69 Å². The zero-order chi connectivity index (χ0) is 14.0. The highest BCUT2D eigenvalue weighted by molar-refractivity contribution is 7.86. The summed E-state index contributed by atoms with van der Waals surface area (Å²) in [5.41, 5.74) is 8.21. The van der Waals surface area contributed by atoms with Gasteiger partial charge in [0.15, 0.2) is 0 Å². The lowest BCUT2D eigenvalue weighted by Crippen LogP contribution is -2.04. The van der Waals surface area contributed by atoms with Gasteiger partial charge >= 0.3 is 0 Å². The number of rotatable bonds is 3. The normalized spacial score (nSPS) is 11.3. The Balaban J connectivity index is 2.44. The first-order chi connectivity index (χ1) is 8.88. The average Bonchev–Trinajstić information content (AvgIpc) is 2.32. The minimum Gasteiger partial charge on any atom is -0.399 e. The van der Waals surface area contributed by atoms with E-state index in [4.69, 9.17) is 5.73 Å². The Morgan fingerprint density at radius 1 is 1.11 bits per heavy atom. The van der Waals surface area contributed by atoms with Crippen LogP contribution in [0.3, 0.4) is 0 Å².